The second-order valence-corrected chi connectivity index (χ2v) is 4.38. The first kappa shape index (κ1) is 12.2. The van der Waals surface area contributed by atoms with Crippen molar-refractivity contribution in [3.63, 3.8) is 0 Å². The first-order valence-corrected chi connectivity index (χ1v) is 6.05. The highest BCUT2D eigenvalue weighted by atomic mass is 16.5. The van der Waals surface area contributed by atoms with Gasteiger partial charge in [-0.05, 0) is 0 Å². The maximum absolute atomic E-state index is 12.1. The summed E-state index contributed by atoms with van der Waals surface area (Å²) in [6.45, 7) is 6.72. The van der Waals surface area contributed by atoms with Gasteiger partial charge in [-0.25, -0.2) is 4.79 Å². The Morgan fingerprint density at radius 1 is 0.824 bits per heavy atom. The number of carbonyl (C=O) groups is 2. The van der Waals surface area contributed by atoms with Crippen LogP contribution in [0.25, 0.3) is 0 Å². The summed E-state index contributed by atoms with van der Waals surface area (Å²) < 4.78 is 5.22. The predicted molar refractivity (Wildman–Crippen MR) is 61.6 cm³/mol. The van der Waals surface area contributed by atoms with Gasteiger partial charge in [0, 0.05) is 46.2 Å². The minimum atomic E-state index is 0.0801. The lowest BCUT2D eigenvalue weighted by atomic mass is 10.3. The Balaban J connectivity index is 1.83. The Bertz CT molecular complexity index is 294. The third-order valence-electron chi connectivity index (χ3n) is 3.28. The lowest BCUT2D eigenvalue weighted by Crippen LogP contribution is -2.55. The van der Waals surface area contributed by atoms with Crippen LogP contribution in [0.15, 0.2) is 0 Å². The lowest BCUT2D eigenvalue weighted by Gasteiger charge is -2.38. The molecule has 6 nitrogen and oxygen atoms in total. The Morgan fingerprint density at radius 3 is 1.82 bits per heavy atom. The molecule has 0 unspecified atom stereocenters. The number of nitrogens with zero attached hydrogens (tertiary/aromatic N) is 3. The Kier molecular flexibility index (Phi) is 3.83. The summed E-state index contributed by atoms with van der Waals surface area (Å²) in [5, 5.41) is 0. The van der Waals surface area contributed by atoms with E-state index in [4.69, 9.17) is 4.74 Å². The van der Waals surface area contributed by atoms with Crippen LogP contribution < -0.4 is 0 Å². The Morgan fingerprint density at radius 2 is 1.29 bits per heavy atom. The van der Waals surface area contributed by atoms with E-state index in [2.05, 4.69) is 0 Å². The summed E-state index contributed by atoms with van der Waals surface area (Å²) >= 11 is 0. The number of rotatable bonds is 0. The van der Waals surface area contributed by atoms with E-state index in [0.29, 0.717) is 52.5 Å². The van der Waals surface area contributed by atoms with Crippen molar-refractivity contribution in [3.8, 4) is 0 Å². The van der Waals surface area contributed by atoms with E-state index >= 15 is 0 Å². The lowest BCUT2D eigenvalue weighted by molar-refractivity contribution is -0.130. The van der Waals surface area contributed by atoms with Crippen molar-refractivity contribution in [1.82, 2.24) is 14.7 Å². The molecule has 96 valence electrons. The summed E-state index contributed by atoms with van der Waals surface area (Å²) in [5.41, 5.74) is 0. The minimum Gasteiger partial charge on any atom is -0.378 e. The number of amides is 3. The maximum atomic E-state index is 12.1. The highest BCUT2D eigenvalue weighted by molar-refractivity contribution is 5.76. The largest absolute Gasteiger partial charge is 0.378 e. The molecule has 0 aliphatic carbocycles. The molecule has 2 saturated heterocycles. The normalized spacial score (nSPS) is 21.6. The number of hydrogen-bond donors (Lipinski definition) is 0. The second-order valence-electron chi connectivity index (χ2n) is 4.38. The number of ether oxygens (including phenoxy) is 1. The van der Waals surface area contributed by atoms with Crippen LogP contribution in [0.1, 0.15) is 6.92 Å². The smallest absolute Gasteiger partial charge is 0.320 e. The number of urea groups is 1. The number of carbonyl (C=O) groups excluding carboxylic acids is 2. The molecule has 0 aromatic rings. The topological polar surface area (TPSA) is 53.1 Å². The van der Waals surface area contributed by atoms with Crippen LogP contribution in [0.5, 0.6) is 0 Å². The van der Waals surface area contributed by atoms with E-state index in [-0.39, 0.29) is 11.9 Å². The summed E-state index contributed by atoms with van der Waals surface area (Å²) in [5.74, 6) is 0.0865. The molecule has 0 spiro atoms. The van der Waals surface area contributed by atoms with Crippen molar-refractivity contribution < 1.29 is 14.3 Å². The summed E-state index contributed by atoms with van der Waals surface area (Å²) in [7, 11) is 0. The average molecular weight is 241 g/mol. The van der Waals surface area contributed by atoms with Gasteiger partial charge in [0.25, 0.3) is 0 Å². The van der Waals surface area contributed by atoms with Crippen molar-refractivity contribution in [3.05, 3.63) is 0 Å². The van der Waals surface area contributed by atoms with Crippen molar-refractivity contribution in [2.45, 2.75) is 6.92 Å². The third-order valence-corrected chi connectivity index (χ3v) is 3.28. The standard InChI is InChI=1S/C11H19N3O3/c1-10(15)12-2-4-13(5-3-12)11(16)14-6-8-17-9-7-14/h2-9H2,1H3. The average Bonchev–Trinajstić information content (AvgIpc) is 2.39. The van der Waals surface area contributed by atoms with Crippen LogP contribution in [0.3, 0.4) is 0 Å². The SMILES string of the molecule is CC(=O)N1CCN(C(=O)N2CCOCC2)CC1. The van der Waals surface area contributed by atoms with Crippen LogP contribution in [0, 0.1) is 0 Å². The van der Waals surface area contributed by atoms with Gasteiger partial charge in [0.15, 0.2) is 0 Å². The molecule has 0 bridgehead atoms. The van der Waals surface area contributed by atoms with Gasteiger partial charge in [-0.1, -0.05) is 0 Å². The van der Waals surface area contributed by atoms with E-state index in [1.54, 1.807) is 11.8 Å². The molecular weight excluding hydrogens is 222 g/mol. The van der Waals surface area contributed by atoms with Gasteiger partial charge in [0.2, 0.25) is 5.91 Å². The van der Waals surface area contributed by atoms with Gasteiger partial charge in [0.1, 0.15) is 0 Å². The molecule has 17 heavy (non-hydrogen) atoms. The number of morpholine rings is 1. The first-order valence-electron chi connectivity index (χ1n) is 6.05. The molecule has 2 fully saturated rings. The summed E-state index contributed by atoms with van der Waals surface area (Å²) in [4.78, 5) is 28.7. The van der Waals surface area contributed by atoms with Crippen molar-refractivity contribution in [2.75, 3.05) is 52.5 Å². The molecule has 0 aromatic carbocycles. The first-order chi connectivity index (χ1) is 8.18. The van der Waals surface area contributed by atoms with Gasteiger partial charge in [-0.3, -0.25) is 4.79 Å². The maximum Gasteiger partial charge on any atom is 0.320 e. The highest BCUT2D eigenvalue weighted by Gasteiger charge is 2.26. The molecule has 2 aliphatic rings. The van der Waals surface area contributed by atoms with Gasteiger partial charge in [-0.2, -0.15) is 0 Å². The molecule has 2 aliphatic heterocycles. The minimum absolute atomic E-state index is 0.0801. The zero-order valence-corrected chi connectivity index (χ0v) is 10.2. The van der Waals surface area contributed by atoms with E-state index in [1.807, 2.05) is 9.80 Å². The van der Waals surface area contributed by atoms with E-state index in [1.165, 1.54) is 0 Å². The van der Waals surface area contributed by atoms with Crippen LogP contribution in [-0.4, -0.2) is 79.1 Å². The summed E-state index contributed by atoms with van der Waals surface area (Å²) in [6, 6.07) is 0.0801. The third kappa shape index (κ3) is 2.88. The Labute approximate surface area is 101 Å². The zero-order valence-electron chi connectivity index (χ0n) is 10.2. The van der Waals surface area contributed by atoms with Crippen LogP contribution >= 0.6 is 0 Å². The molecule has 0 aromatic heterocycles. The molecule has 2 rings (SSSR count). The fraction of sp³-hybridized carbons (Fsp3) is 0.818. The molecular formula is C11H19N3O3. The number of piperazine rings is 1. The Hall–Kier alpha value is -1.30. The van der Waals surface area contributed by atoms with Crippen LogP contribution in [0.4, 0.5) is 4.79 Å². The number of hydrogen-bond acceptors (Lipinski definition) is 3. The highest BCUT2D eigenvalue weighted by Crippen LogP contribution is 2.07. The van der Waals surface area contributed by atoms with Gasteiger partial charge in [0.05, 0.1) is 13.2 Å². The predicted octanol–water partition coefficient (Wildman–Crippen LogP) is -0.397. The van der Waals surface area contributed by atoms with E-state index in [0.717, 1.165) is 0 Å². The van der Waals surface area contributed by atoms with Gasteiger partial charge >= 0.3 is 6.03 Å². The van der Waals surface area contributed by atoms with Crippen molar-refractivity contribution in [1.29, 1.82) is 0 Å². The molecule has 0 atom stereocenters. The summed E-state index contributed by atoms with van der Waals surface area (Å²) in [6.07, 6.45) is 0. The van der Waals surface area contributed by atoms with Gasteiger partial charge < -0.3 is 19.4 Å². The molecule has 0 saturated carbocycles. The van der Waals surface area contributed by atoms with Gasteiger partial charge in [-0.15, -0.1) is 0 Å². The van der Waals surface area contributed by atoms with Crippen LogP contribution in [0.2, 0.25) is 0 Å². The fourth-order valence-corrected chi connectivity index (χ4v) is 2.17. The van der Waals surface area contributed by atoms with E-state index < -0.39 is 0 Å². The molecule has 0 N–H and O–H groups in total. The zero-order chi connectivity index (χ0) is 12.3. The molecule has 0 radical (unpaired) electrons. The van der Waals surface area contributed by atoms with Crippen LogP contribution in [-0.2, 0) is 9.53 Å². The van der Waals surface area contributed by atoms with Crippen molar-refractivity contribution >= 4 is 11.9 Å². The molecule has 6 heteroatoms. The quantitative estimate of drug-likeness (QED) is 0.580. The van der Waals surface area contributed by atoms with E-state index in [9.17, 15) is 9.59 Å². The van der Waals surface area contributed by atoms with Crippen molar-refractivity contribution in [2.24, 2.45) is 0 Å². The molecule has 2 heterocycles. The molecule has 3 amide bonds. The monoisotopic (exact) mass is 241 g/mol. The second kappa shape index (κ2) is 5.35. The fourth-order valence-electron chi connectivity index (χ4n) is 2.17.